The predicted molar refractivity (Wildman–Crippen MR) is 94.9 cm³/mol. The van der Waals surface area contributed by atoms with Crippen LogP contribution in [-0.4, -0.2) is 33.5 Å². The lowest BCUT2D eigenvalue weighted by molar-refractivity contribution is -0.116. The van der Waals surface area contributed by atoms with E-state index in [1.807, 2.05) is 6.92 Å². The summed E-state index contributed by atoms with van der Waals surface area (Å²) in [6.07, 6.45) is 1.53. The van der Waals surface area contributed by atoms with Gasteiger partial charge in [-0.15, -0.1) is 20.4 Å². The number of anilines is 1. The quantitative estimate of drug-likeness (QED) is 0.653. The topological polar surface area (TPSA) is 91.0 Å². The number of carbonyl (C=O) groups is 1. The first-order valence-corrected chi connectivity index (χ1v) is 9.41. The van der Waals surface area contributed by atoms with Crippen LogP contribution < -0.4 is 4.90 Å². The summed E-state index contributed by atoms with van der Waals surface area (Å²) in [5, 5.41) is 27.0. The van der Waals surface area contributed by atoms with E-state index in [1.54, 1.807) is 28.8 Å². The van der Waals surface area contributed by atoms with E-state index in [1.165, 1.54) is 18.3 Å². The molecule has 126 valence electrons. The number of nitrogens with zero attached hydrogens (tertiary/aromatic N) is 5. The molecular formula is C15H17N5O2S2. The number of azo groups is 1. The van der Waals surface area contributed by atoms with Gasteiger partial charge in [0, 0.05) is 19.0 Å². The van der Waals surface area contributed by atoms with Gasteiger partial charge in [0.1, 0.15) is 11.4 Å². The lowest BCUT2D eigenvalue weighted by atomic mass is 9.99. The van der Waals surface area contributed by atoms with Crippen LogP contribution >= 0.6 is 23.1 Å². The molecule has 24 heavy (non-hydrogen) atoms. The Hall–Kier alpha value is -2.00. The molecule has 0 radical (unpaired) electrons. The van der Waals surface area contributed by atoms with E-state index in [2.05, 4.69) is 20.4 Å². The molecule has 2 aromatic rings. The van der Waals surface area contributed by atoms with Gasteiger partial charge >= 0.3 is 0 Å². The zero-order chi connectivity index (χ0) is 17.1. The number of hydrogen-bond donors (Lipinski definition) is 1. The molecule has 0 fully saturated rings. The van der Waals surface area contributed by atoms with E-state index in [-0.39, 0.29) is 11.7 Å². The molecule has 0 spiro atoms. The van der Waals surface area contributed by atoms with Gasteiger partial charge in [-0.2, -0.15) is 0 Å². The van der Waals surface area contributed by atoms with Crippen molar-refractivity contribution in [3.8, 4) is 5.75 Å². The summed E-state index contributed by atoms with van der Waals surface area (Å²) in [7, 11) is 0. The molecule has 0 aliphatic carbocycles. The largest absolute Gasteiger partial charge is 0.508 e. The van der Waals surface area contributed by atoms with E-state index in [9.17, 15) is 9.90 Å². The van der Waals surface area contributed by atoms with Gasteiger partial charge in [-0.1, -0.05) is 30.0 Å². The van der Waals surface area contributed by atoms with Gasteiger partial charge < -0.3 is 10.0 Å². The van der Waals surface area contributed by atoms with Crippen LogP contribution in [0.4, 0.5) is 16.5 Å². The minimum Gasteiger partial charge on any atom is -0.508 e. The van der Waals surface area contributed by atoms with E-state index < -0.39 is 0 Å². The summed E-state index contributed by atoms with van der Waals surface area (Å²) >= 11 is 2.98. The fraction of sp³-hybridized carbons (Fsp3) is 0.400. The lowest BCUT2D eigenvalue weighted by Gasteiger charge is -2.29. The molecular weight excluding hydrogens is 346 g/mol. The number of fused-ring (bicyclic) bond motifs is 1. The number of phenolic OH excluding ortho intramolecular Hbond substituents is 1. The lowest BCUT2D eigenvalue weighted by Crippen LogP contribution is -2.33. The van der Waals surface area contributed by atoms with E-state index >= 15 is 0 Å². The fourth-order valence-electron chi connectivity index (χ4n) is 2.60. The van der Waals surface area contributed by atoms with E-state index in [0.717, 1.165) is 22.1 Å². The van der Waals surface area contributed by atoms with Crippen molar-refractivity contribution in [2.45, 2.75) is 31.0 Å². The van der Waals surface area contributed by atoms with Crippen molar-refractivity contribution in [2.75, 3.05) is 17.2 Å². The molecule has 7 nitrogen and oxygen atoms in total. The van der Waals surface area contributed by atoms with Crippen molar-refractivity contribution in [1.82, 2.24) is 10.2 Å². The van der Waals surface area contributed by atoms with Gasteiger partial charge in [-0.3, -0.25) is 4.79 Å². The molecule has 2 heterocycles. The van der Waals surface area contributed by atoms with Gasteiger partial charge in [0.15, 0.2) is 4.34 Å². The molecule has 0 saturated carbocycles. The number of amides is 1. The maximum atomic E-state index is 11.9. The molecule has 1 aromatic carbocycles. The van der Waals surface area contributed by atoms with Crippen LogP contribution in [0.25, 0.3) is 0 Å². The second-order valence-electron chi connectivity index (χ2n) is 5.19. The summed E-state index contributed by atoms with van der Waals surface area (Å²) < 4.78 is 0.851. The highest BCUT2D eigenvalue weighted by Gasteiger charge is 2.25. The zero-order valence-electron chi connectivity index (χ0n) is 13.4. The Labute approximate surface area is 147 Å². The highest BCUT2D eigenvalue weighted by molar-refractivity contribution is 8.01. The summed E-state index contributed by atoms with van der Waals surface area (Å²) in [5.74, 6) is 1.04. The summed E-state index contributed by atoms with van der Waals surface area (Å²) in [5.41, 5.74) is 1.94. The monoisotopic (exact) mass is 363 g/mol. The van der Waals surface area contributed by atoms with Crippen molar-refractivity contribution in [3.05, 3.63) is 17.7 Å². The Balaban J connectivity index is 1.96. The number of hydrogen-bond acceptors (Lipinski definition) is 8. The smallest absolute Gasteiger partial charge is 0.252 e. The molecule has 9 heteroatoms. The summed E-state index contributed by atoms with van der Waals surface area (Å²) in [6, 6.07) is 3.26. The molecule has 1 aliphatic rings. The van der Waals surface area contributed by atoms with E-state index in [0.29, 0.717) is 29.5 Å². The maximum absolute atomic E-state index is 11.9. The van der Waals surface area contributed by atoms with Crippen LogP contribution in [0.15, 0.2) is 26.7 Å². The second kappa shape index (κ2) is 7.27. The van der Waals surface area contributed by atoms with Gasteiger partial charge in [-0.05, 0) is 30.7 Å². The van der Waals surface area contributed by atoms with Crippen LogP contribution in [0.5, 0.6) is 5.75 Å². The van der Waals surface area contributed by atoms with Crippen LogP contribution in [-0.2, 0) is 11.2 Å². The fourth-order valence-corrected chi connectivity index (χ4v) is 4.16. The number of aromatic nitrogens is 2. The Bertz CT molecular complexity index is 790. The second-order valence-corrected chi connectivity index (χ2v) is 7.66. The standard InChI is InChI=1S/C15H17N5O2S2/c1-3-23-15-19-18-14(24-15)17-16-11-6-7-12(22)10-5-4-8-20(9(2)21)13(10)11/h6-7,22H,3-5,8H2,1-2H3. The number of aromatic hydroxyl groups is 1. The summed E-state index contributed by atoms with van der Waals surface area (Å²) in [6.45, 7) is 4.18. The highest BCUT2D eigenvalue weighted by atomic mass is 32.2. The number of benzene rings is 1. The Kier molecular flexibility index (Phi) is 5.10. The van der Waals surface area contributed by atoms with Crippen molar-refractivity contribution in [3.63, 3.8) is 0 Å². The third-order valence-corrected chi connectivity index (χ3v) is 5.43. The maximum Gasteiger partial charge on any atom is 0.252 e. The minimum absolute atomic E-state index is 0.0736. The molecule has 1 amide bonds. The Morgan fingerprint density at radius 2 is 2.25 bits per heavy atom. The number of rotatable bonds is 4. The van der Waals surface area contributed by atoms with Crippen molar-refractivity contribution in [1.29, 1.82) is 0 Å². The first-order chi connectivity index (χ1) is 11.6. The Morgan fingerprint density at radius 3 is 3.00 bits per heavy atom. The predicted octanol–water partition coefficient (Wildman–Crippen LogP) is 4.07. The van der Waals surface area contributed by atoms with Gasteiger partial charge in [0.2, 0.25) is 5.91 Å². The molecule has 0 bridgehead atoms. The van der Waals surface area contributed by atoms with Crippen LogP contribution in [0, 0.1) is 0 Å². The highest BCUT2D eigenvalue weighted by Crippen LogP contribution is 2.42. The molecule has 0 atom stereocenters. The molecule has 0 saturated heterocycles. The average molecular weight is 363 g/mol. The minimum atomic E-state index is -0.0736. The molecule has 1 aromatic heterocycles. The third-order valence-electron chi connectivity index (χ3n) is 3.60. The first-order valence-electron chi connectivity index (χ1n) is 7.61. The summed E-state index contributed by atoms with van der Waals surface area (Å²) in [4.78, 5) is 13.6. The van der Waals surface area contributed by atoms with Crippen LogP contribution in [0.1, 0.15) is 25.8 Å². The Morgan fingerprint density at radius 1 is 1.42 bits per heavy atom. The number of carbonyl (C=O) groups excluding carboxylic acids is 1. The van der Waals surface area contributed by atoms with Crippen molar-refractivity contribution >= 4 is 45.5 Å². The molecule has 1 aliphatic heterocycles. The average Bonchev–Trinajstić information content (AvgIpc) is 3.02. The van der Waals surface area contributed by atoms with Crippen LogP contribution in [0.3, 0.4) is 0 Å². The van der Waals surface area contributed by atoms with Crippen molar-refractivity contribution in [2.24, 2.45) is 10.2 Å². The normalized spacial score (nSPS) is 14.2. The molecule has 0 unspecified atom stereocenters. The van der Waals surface area contributed by atoms with Gasteiger partial charge in [0.05, 0.1) is 5.69 Å². The molecule has 1 N–H and O–H groups in total. The first kappa shape index (κ1) is 16.8. The zero-order valence-corrected chi connectivity index (χ0v) is 15.0. The number of phenols is 1. The van der Waals surface area contributed by atoms with Crippen molar-refractivity contribution < 1.29 is 9.90 Å². The molecule has 3 rings (SSSR count). The van der Waals surface area contributed by atoms with E-state index in [4.69, 9.17) is 0 Å². The van der Waals surface area contributed by atoms with Crippen LogP contribution in [0.2, 0.25) is 0 Å². The van der Waals surface area contributed by atoms with Gasteiger partial charge in [-0.25, -0.2) is 0 Å². The SMILES string of the molecule is CCSc1nnc(N=Nc2ccc(O)c3c2N(C(C)=O)CCC3)s1. The third kappa shape index (κ3) is 3.41. The van der Waals surface area contributed by atoms with Gasteiger partial charge in [0.25, 0.3) is 5.13 Å². The number of thioether (sulfide) groups is 1.